The number of nitrogens with zero attached hydrogens (tertiary/aromatic N) is 2. The Hall–Kier alpha value is -1.36. The number of carbonyl (C=O) groups is 2. The van der Waals surface area contributed by atoms with E-state index in [4.69, 9.17) is 0 Å². The van der Waals surface area contributed by atoms with E-state index in [-0.39, 0.29) is 17.2 Å². The summed E-state index contributed by atoms with van der Waals surface area (Å²) >= 11 is 1.61. The molecule has 3 rings (SSSR count). The molecule has 0 aliphatic carbocycles. The van der Waals surface area contributed by atoms with Crippen molar-refractivity contribution in [3.8, 4) is 0 Å². The molecule has 1 aromatic rings. The second kappa shape index (κ2) is 5.20. The van der Waals surface area contributed by atoms with Gasteiger partial charge in [0.25, 0.3) is 0 Å². The zero-order valence-corrected chi connectivity index (χ0v) is 12.6. The number of hydrogen-bond acceptors (Lipinski definition) is 3. The molecule has 1 spiro atoms. The van der Waals surface area contributed by atoms with Crippen LogP contribution in [0.3, 0.4) is 0 Å². The van der Waals surface area contributed by atoms with Gasteiger partial charge in [-0.1, -0.05) is 0 Å². The fraction of sp³-hybridized carbons (Fsp3) is 0.600. The van der Waals surface area contributed by atoms with E-state index in [1.54, 1.807) is 11.3 Å². The Morgan fingerprint density at radius 2 is 2.25 bits per heavy atom. The summed E-state index contributed by atoms with van der Waals surface area (Å²) in [7, 11) is 1.87. The van der Waals surface area contributed by atoms with Crippen molar-refractivity contribution in [2.75, 3.05) is 26.7 Å². The maximum atomic E-state index is 12.4. The fourth-order valence-electron chi connectivity index (χ4n) is 3.41. The molecule has 1 atom stereocenters. The average molecular weight is 292 g/mol. The molecule has 20 heavy (non-hydrogen) atoms. The van der Waals surface area contributed by atoms with E-state index in [1.807, 2.05) is 33.7 Å². The molecule has 4 nitrogen and oxygen atoms in total. The number of likely N-dealkylation sites (tertiary alicyclic amines) is 2. The molecule has 5 heteroatoms. The SMILES string of the molecule is CN1CCCC2(CCN(C(=O)Cc3ccsc3)C2)C1=O. The highest BCUT2D eigenvalue weighted by Crippen LogP contribution is 2.39. The van der Waals surface area contributed by atoms with Gasteiger partial charge in [0.15, 0.2) is 0 Å². The first kappa shape index (κ1) is 13.6. The average Bonchev–Trinajstić information content (AvgIpc) is 3.06. The largest absolute Gasteiger partial charge is 0.345 e. The third kappa shape index (κ3) is 2.35. The van der Waals surface area contributed by atoms with Crippen LogP contribution in [0.25, 0.3) is 0 Å². The van der Waals surface area contributed by atoms with Gasteiger partial charge >= 0.3 is 0 Å². The summed E-state index contributed by atoms with van der Waals surface area (Å²) in [6, 6.07) is 1.99. The monoisotopic (exact) mass is 292 g/mol. The van der Waals surface area contributed by atoms with Crippen molar-refractivity contribution >= 4 is 23.2 Å². The van der Waals surface area contributed by atoms with Gasteiger partial charge in [0.2, 0.25) is 11.8 Å². The van der Waals surface area contributed by atoms with E-state index in [1.165, 1.54) is 0 Å². The van der Waals surface area contributed by atoms with Crippen molar-refractivity contribution in [2.45, 2.75) is 25.7 Å². The van der Waals surface area contributed by atoms with Gasteiger partial charge < -0.3 is 9.80 Å². The minimum absolute atomic E-state index is 0.154. The number of piperidine rings is 1. The van der Waals surface area contributed by atoms with Crippen LogP contribution in [-0.2, 0) is 16.0 Å². The quantitative estimate of drug-likeness (QED) is 0.833. The Kier molecular flexibility index (Phi) is 3.54. The molecule has 0 N–H and O–H groups in total. The number of hydrogen-bond donors (Lipinski definition) is 0. The third-order valence-corrected chi connectivity index (χ3v) is 5.32. The van der Waals surface area contributed by atoms with Crippen LogP contribution in [0.15, 0.2) is 16.8 Å². The molecule has 108 valence electrons. The molecule has 2 saturated heterocycles. The number of thiophene rings is 1. The van der Waals surface area contributed by atoms with Crippen molar-refractivity contribution < 1.29 is 9.59 Å². The molecule has 0 bridgehead atoms. The van der Waals surface area contributed by atoms with Gasteiger partial charge in [0.1, 0.15) is 0 Å². The van der Waals surface area contributed by atoms with Crippen LogP contribution >= 0.6 is 11.3 Å². The van der Waals surface area contributed by atoms with Gasteiger partial charge in [-0.25, -0.2) is 0 Å². The zero-order valence-electron chi connectivity index (χ0n) is 11.8. The highest BCUT2D eigenvalue weighted by atomic mass is 32.1. The molecule has 1 aromatic heterocycles. The van der Waals surface area contributed by atoms with Crippen molar-refractivity contribution in [3.63, 3.8) is 0 Å². The van der Waals surface area contributed by atoms with Crippen molar-refractivity contribution in [1.82, 2.24) is 9.80 Å². The van der Waals surface area contributed by atoms with Crippen LogP contribution in [0.1, 0.15) is 24.8 Å². The van der Waals surface area contributed by atoms with E-state index in [0.717, 1.165) is 37.9 Å². The van der Waals surface area contributed by atoms with Crippen LogP contribution in [0.5, 0.6) is 0 Å². The van der Waals surface area contributed by atoms with Gasteiger partial charge in [-0.3, -0.25) is 9.59 Å². The lowest BCUT2D eigenvalue weighted by Gasteiger charge is -2.37. The molecule has 2 fully saturated rings. The molecule has 3 heterocycles. The Labute approximate surface area is 123 Å². The minimum atomic E-state index is -0.294. The third-order valence-electron chi connectivity index (χ3n) is 4.59. The molecular formula is C15H20N2O2S. The Morgan fingerprint density at radius 3 is 3.00 bits per heavy atom. The first-order valence-electron chi connectivity index (χ1n) is 7.15. The van der Waals surface area contributed by atoms with Gasteiger partial charge in [-0.05, 0) is 41.7 Å². The predicted octanol–water partition coefficient (Wildman–Crippen LogP) is 1.76. The van der Waals surface area contributed by atoms with Crippen LogP contribution in [0, 0.1) is 5.41 Å². The second-order valence-electron chi connectivity index (χ2n) is 5.98. The topological polar surface area (TPSA) is 40.6 Å². The molecule has 2 aliphatic heterocycles. The summed E-state index contributed by atoms with van der Waals surface area (Å²) in [4.78, 5) is 28.5. The number of carbonyl (C=O) groups excluding carboxylic acids is 2. The smallest absolute Gasteiger partial charge is 0.230 e. The summed E-state index contributed by atoms with van der Waals surface area (Å²) in [5.74, 6) is 0.385. The Balaban J connectivity index is 1.67. The Morgan fingerprint density at radius 1 is 1.40 bits per heavy atom. The molecule has 2 amide bonds. The van der Waals surface area contributed by atoms with Crippen molar-refractivity contribution in [2.24, 2.45) is 5.41 Å². The molecular weight excluding hydrogens is 272 g/mol. The van der Waals surface area contributed by atoms with E-state index in [9.17, 15) is 9.59 Å². The Bertz CT molecular complexity index is 514. The zero-order chi connectivity index (χ0) is 14.2. The molecule has 0 saturated carbocycles. The van der Waals surface area contributed by atoms with E-state index < -0.39 is 0 Å². The first-order valence-corrected chi connectivity index (χ1v) is 8.09. The van der Waals surface area contributed by atoms with Crippen molar-refractivity contribution in [1.29, 1.82) is 0 Å². The summed E-state index contributed by atoms with van der Waals surface area (Å²) in [5.41, 5.74) is 0.783. The second-order valence-corrected chi connectivity index (χ2v) is 6.76. The van der Waals surface area contributed by atoms with Gasteiger partial charge in [-0.2, -0.15) is 11.3 Å². The van der Waals surface area contributed by atoms with E-state index >= 15 is 0 Å². The van der Waals surface area contributed by atoms with Crippen LogP contribution < -0.4 is 0 Å². The lowest BCUT2D eigenvalue weighted by Crippen LogP contribution is -2.48. The fourth-order valence-corrected chi connectivity index (χ4v) is 4.08. The maximum Gasteiger partial charge on any atom is 0.230 e. The first-order chi connectivity index (χ1) is 9.61. The minimum Gasteiger partial charge on any atom is -0.345 e. The maximum absolute atomic E-state index is 12.4. The van der Waals surface area contributed by atoms with Gasteiger partial charge in [-0.15, -0.1) is 0 Å². The standard InChI is InChI=1S/C15H20N2O2S/c1-16-6-2-4-15(14(16)19)5-7-17(11-15)13(18)9-12-3-8-20-10-12/h3,8,10H,2,4-7,9,11H2,1H3. The van der Waals surface area contributed by atoms with Crippen molar-refractivity contribution in [3.05, 3.63) is 22.4 Å². The summed E-state index contributed by atoms with van der Waals surface area (Å²) in [6.45, 7) is 2.19. The molecule has 0 aromatic carbocycles. The van der Waals surface area contributed by atoms with Crippen LogP contribution in [-0.4, -0.2) is 48.3 Å². The molecule has 2 aliphatic rings. The van der Waals surface area contributed by atoms with Crippen LogP contribution in [0.4, 0.5) is 0 Å². The van der Waals surface area contributed by atoms with Gasteiger partial charge in [0.05, 0.1) is 11.8 Å². The summed E-state index contributed by atoms with van der Waals surface area (Å²) in [5, 5.41) is 4.01. The van der Waals surface area contributed by atoms with Crippen LogP contribution in [0.2, 0.25) is 0 Å². The number of amides is 2. The van der Waals surface area contributed by atoms with E-state index in [2.05, 4.69) is 0 Å². The highest BCUT2D eigenvalue weighted by molar-refractivity contribution is 7.07. The lowest BCUT2D eigenvalue weighted by atomic mass is 9.78. The molecule has 0 radical (unpaired) electrons. The molecule has 1 unspecified atom stereocenters. The summed E-state index contributed by atoms with van der Waals surface area (Å²) in [6.07, 6.45) is 3.27. The highest BCUT2D eigenvalue weighted by Gasteiger charge is 2.48. The van der Waals surface area contributed by atoms with E-state index in [0.29, 0.717) is 13.0 Å². The lowest BCUT2D eigenvalue weighted by molar-refractivity contribution is -0.144. The van der Waals surface area contributed by atoms with Gasteiger partial charge in [0, 0.05) is 26.7 Å². The predicted molar refractivity (Wildman–Crippen MR) is 78.5 cm³/mol. The normalized spacial score (nSPS) is 26.6. The summed E-state index contributed by atoms with van der Waals surface area (Å²) < 4.78 is 0. The number of rotatable bonds is 2.